The minimum absolute atomic E-state index is 0.422. The van der Waals surface area contributed by atoms with Gasteiger partial charge in [0.1, 0.15) is 0 Å². The molecular formula is C13H28N2O3. The van der Waals surface area contributed by atoms with Gasteiger partial charge in [0.05, 0.1) is 39.1 Å². The first-order valence-electron chi connectivity index (χ1n) is 6.91. The molecule has 5 nitrogen and oxygen atoms in total. The molecule has 108 valence electrons. The van der Waals surface area contributed by atoms with Crippen molar-refractivity contribution < 1.29 is 14.2 Å². The smallest absolute Gasteiger partial charge is 0.0704 e. The molecule has 1 rings (SSSR count). The molecule has 0 amide bonds. The summed E-state index contributed by atoms with van der Waals surface area (Å²) >= 11 is 0. The van der Waals surface area contributed by atoms with E-state index in [1.54, 1.807) is 0 Å². The van der Waals surface area contributed by atoms with Gasteiger partial charge in [0.2, 0.25) is 0 Å². The molecule has 0 radical (unpaired) electrons. The topological polar surface area (TPSA) is 43.0 Å². The molecule has 0 bridgehead atoms. The van der Waals surface area contributed by atoms with Crippen molar-refractivity contribution in [1.82, 2.24) is 10.2 Å². The van der Waals surface area contributed by atoms with E-state index in [-0.39, 0.29) is 0 Å². The highest BCUT2D eigenvalue weighted by molar-refractivity contribution is 4.67. The van der Waals surface area contributed by atoms with Crippen molar-refractivity contribution in [1.29, 1.82) is 0 Å². The molecule has 1 aliphatic rings. The van der Waals surface area contributed by atoms with Crippen molar-refractivity contribution in [2.24, 2.45) is 0 Å². The van der Waals surface area contributed by atoms with Gasteiger partial charge in [0.25, 0.3) is 0 Å². The number of rotatable bonds is 10. The molecule has 1 N–H and O–H groups in total. The Labute approximate surface area is 111 Å². The Bertz CT molecular complexity index is 185. The molecule has 1 heterocycles. The van der Waals surface area contributed by atoms with Crippen LogP contribution in [0, 0.1) is 0 Å². The van der Waals surface area contributed by atoms with E-state index in [9.17, 15) is 0 Å². The van der Waals surface area contributed by atoms with Crippen molar-refractivity contribution in [2.45, 2.75) is 18.9 Å². The lowest BCUT2D eigenvalue weighted by molar-refractivity contribution is -0.0203. The maximum Gasteiger partial charge on any atom is 0.0704 e. The Morgan fingerprint density at radius 3 is 2.22 bits per heavy atom. The van der Waals surface area contributed by atoms with Crippen LogP contribution in [0.4, 0.5) is 0 Å². The number of hydrogen-bond acceptors (Lipinski definition) is 5. The summed E-state index contributed by atoms with van der Waals surface area (Å²) < 4.78 is 16.6. The van der Waals surface area contributed by atoms with Crippen LogP contribution in [0.1, 0.15) is 12.8 Å². The lowest BCUT2D eigenvalue weighted by atomic mass is 10.1. The molecule has 1 fully saturated rings. The standard InChI is InChI=1S/C13H28N2O3/c1-15(2)7-8-16-9-10-17-11-12-18-13-3-5-14-6-4-13/h13-14H,3-12H2,1-2H3. The zero-order chi connectivity index (χ0) is 13.1. The van der Waals surface area contributed by atoms with E-state index in [1.165, 1.54) is 0 Å². The zero-order valence-corrected chi connectivity index (χ0v) is 11.8. The van der Waals surface area contributed by atoms with Crippen LogP contribution < -0.4 is 5.32 Å². The van der Waals surface area contributed by atoms with Gasteiger partial charge in [-0.2, -0.15) is 0 Å². The number of nitrogens with zero attached hydrogens (tertiary/aromatic N) is 1. The molecule has 5 heteroatoms. The van der Waals surface area contributed by atoms with Crippen molar-refractivity contribution in [3.05, 3.63) is 0 Å². The van der Waals surface area contributed by atoms with Gasteiger partial charge in [-0.3, -0.25) is 0 Å². The molecule has 1 saturated heterocycles. The van der Waals surface area contributed by atoms with E-state index < -0.39 is 0 Å². The minimum Gasteiger partial charge on any atom is -0.378 e. The van der Waals surface area contributed by atoms with Gasteiger partial charge in [-0.05, 0) is 40.0 Å². The van der Waals surface area contributed by atoms with E-state index in [0.717, 1.165) is 39.1 Å². The van der Waals surface area contributed by atoms with Crippen LogP contribution in [0.25, 0.3) is 0 Å². The summed E-state index contributed by atoms with van der Waals surface area (Å²) in [5.41, 5.74) is 0. The normalized spacial score (nSPS) is 17.5. The van der Waals surface area contributed by atoms with Crippen molar-refractivity contribution in [3.8, 4) is 0 Å². The van der Waals surface area contributed by atoms with E-state index >= 15 is 0 Å². The van der Waals surface area contributed by atoms with Gasteiger partial charge in [-0.1, -0.05) is 0 Å². The van der Waals surface area contributed by atoms with Crippen LogP contribution in [-0.4, -0.2) is 77.8 Å². The number of piperidine rings is 1. The predicted molar refractivity (Wildman–Crippen MR) is 72.0 cm³/mol. The van der Waals surface area contributed by atoms with E-state index in [0.29, 0.717) is 32.5 Å². The summed E-state index contributed by atoms with van der Waals surface area (Å²) in [6.07, 6.45) is 2.66. The molecule has 18 heavy (non-hydrogen) atoms. The monoisotopic (exact) mass is 260 g/mol. The SMILES string of the molecule is CN(C)CCOCCOCCOC1CCNCC1. The van der Waals surface area contributed by atoms with Crippen LogP contribution in [-0.2, 0) is 14.2 Å². The number of likely N-dealkylation sites (N-methyl/N-ethyl adjacent to an activating group) is 1. The second kappa shape index (κ2) is 10.7. The second-order valence-corrected chi connectivity index (χ2v) is 4.85. The third-order valence-corrected chi connectivity index (χ3v) is 2.92. The van der Waals surface area contributed by atoms with Crippen LogP contribution in [0.15, 0.2) is 0 Å². The molecule has 0 aromatic carbocycles. The van der Waals surface area contributed by atoms with Gasteiger partial charge >= 0.3 is 0 Å². The third kappa shape index (κ3) is 8.83. The Hall–Kier alpha value is -0.200. The molecule has 0 aromatic heterocycles. The van der Waals surface area contributed by atoms with E-state index in [2.05, 4.69) is 10.2 Å². The number of ether oxygens (including phenoxy) is 3. The van der Waals surface area contributed by atoms with Gasteiger partial charge in [0, 0.05) is 6.54 Å². The maximum atomic E-state index is 5.73. The first kappa shape index (κ1) is 15.9. The minimum atomic E-state index is 0.422. The van der Waals surface area contributed by atoms with Crippen molar-refractivity contribution in [2.75, 3.05) is 66.8 Å². The predicted octanol–water partition coefficient (Wildman–Crippen LogP) is 0.350. The largest absolute Gasteiger partial charge is 0.378 e. The fourth-order valence-corrected chi connectivity index (χ4v) is 1.80. The van der Waals surface area contributed by atoms with Crippen LogP contribution in [0.2, 0.25) is 0 Å². The molecule has 0 aliphatic carbocycles. The zero-order valence-electron chi connectivity index (χ0n) is 11.8. The first-order chi connectivity index (χ1) is 8.79. The van der Waals surface area contributed by atoms with Gasteiger partial charge in [0.15, 0.2) is 0 Å². The molecule has 0 spiro atoms. The number of nitrogens with one attached hydrogen (secondary N) is 1. The van der Waals surface area contributed by atoms with Gasteiger partial charge < -0.3 is 24.4 Å². The molecule has 0 aromatic rings. The summed E-state index contributed by atoms with van der Waals surface area (Å²) in [7, 11) is 4.08. The fraction of sp³-hybridized carbons (Fsp3) is 1.00. The highest BCUT2D eigenvalue weighted by Gasteiger charge is 2.12. The molecular weight excluding hydrogens is 232 g/mol. The van der Waals surface area contributed by atoms with Gasteiger partial charge in [-0.25, -0.2) is 0 Å². The highest BCUT2D eigenvalue weighted by atomic mass is 16.5. The quantitative estimate of drug-likeness (QED) is 0.574. The van der Waals surface area contributed by atoms with Crippen molar-refractivity contribution >= 4 is 0 Å². The Balaban J connectivity index is 1.75. The Morgan fingerprint density at radius 1 is 0.944 bits per heavy atom. The molecule has 1 aliphatic heterocycles. The van der Waals surface area contributed by atoms with E-state index in [4.69, 9.17) is 14.2 Å². The number of hydrogen-bond donors (Lipinski definition) is 1. The lowest BCUT2D eigenvalue weighted by Gasteiger charge is -2.22. The first-order valence-corrected chi connectivity index (χ1v) is 6.91. The fourth-order valence-electron chi connectivity index (χ4n) is 1.80. The molecule has 0 saturated carbocycles. The second-order valence-electron chi connectivity index (χ2n) is 4.85. The summed E-state index contributed by atoms with van der Waals surface area (Å²) in [5.74, 6) is 0. The average molecular weight is 260 g/mol. The van der Waals surface area contributed by atoms with Crippen LogP contribution in [0.3, 0.4) is 0 Å². The third-order valence-electron chi connectivity index (χ3n) is 2.92. The maximum absolute atomic E-state index is 5.73. The van der Waals surface area contributed by atoms with Crippen LogP contribution in [0.5, 0.6) is 0 Å². The average Bonchev–Trinajstić information content (AvgIpc) is 2.37. The van der Waals surface area contributed by atoms with Crippen molar-refractivity contribution in [3.63, 3.8) is 0 Å². The van der Waals surface area contributed by atoms with Gasteiger partial charge in [-0.15, -0.1) is 0 Å². The van der Waals surface area contributed by atoms with E-state index in [1.807, 2.05) is 14.1 Å². The Kier molecular flexibility index (Phi) is 9.42. The summed E-state index contributed by atoms with van der Waals surface area (Å²) in [6, 6.07) is 0. The Morgan fingerprint density at radius 2 is 1.56 bits per heavy atom. The summed E-state index contributed by atoms with van der Waals surface area (Å²) in [6.45, 7) is 6.56. The summed E-state index contributed by atoms with van der Waals surface area (Å²) in [4.78, 5) is 2.10. The lowest BCUT2D eigenvalue weighted by Crippen LogP contribution is -2.33. The molecule has 0 unspecified atom stereocenters. The van der Waals surface area contributed by atoms with Crippen LogP contribution >= 0.6 is 0 Å². The summed E-state index contributed by atoms with van der Waals surface area (Å²) in [5, 5.41) is 3.32. The highest BCUT2D eigenvalue weighted by Crippen LogP contribution is 2.06. The molecule has 0 atom stereocenters.